The molecular formula is C21H19ClN2O2. The molecule has 0 heterocycles. The van der Waals surface area contributed by atoms with Gasteiger partial charge < -0.3 is 15.8 Å². The fourth-order valence-electron chi connectivity index (χ4n) is 2.61. The van der Waals surface area contributed by atoms with Crippen LogP contribution in [-0.4, -0.2) is 13.1 Å². The van der Waals surface area contributed by atoms with Crippen LogP contribution in [0.25, 0.3) is 11.1 Å². The summed E-state index contributed by atoms with van der Waals surface area (Å²) < 4.78 is 22.7. The van der Waals surface area contributed by atoms with Crippen molar-refractivity contribution in [3.63, 3.8) is 0 Å². The maximum absolute atomic E-state index is 10.9. The lowest BCUT2D eigenvalue weighted by atomic mass is 9.98. The number of nitrogens with two attached hydrogens (primary N) is 1. The zero-order valence-electron chi connectivity index (χ0n) is 16.1. The summed E-state index contributed by atoms with van der Waals surface area (Å²) in [6.45, 7) is 0. The number of benzene rings is 3. The third-order valence-corrected chi connectivity index (χ3v) is 4.01. The van der Waals surface area contributed by atoms with E-state index in [4.69, 9.17) is 24.8 Å². The van der Waals surface area contributed by atoms with E-state index in [1.807, 2.05) is 18.2 Å². The van der Waals surface area contributed by atoms with Gasteiger partial charge in [0.2, 0.25) is 0 Å². The van der Waals surface area contributed by atoms with E-state index in [1.165, 1.54) is 0 Å². The summed E-state index contributed by atoms with van der Waals surface area (Å²) >= 11 is 6.11. The highest BCUT2D eigenvalue weighted by Gasteiger charge is 2.08. The van der Waals surface area contributed by atoms with E-state index in [2.05, 4.69) is 5.32 Å². The van der Waals surface area contributed by atoms with Gasteiger partial charge in [-0.25, -0.2) is 4.79 Å². The lowest BCUT2D eigenvalue weighted by molar-refractivity contribution is 0.259. The Kier molecular flexibility index (Phi) is 4.66. The molecule has 0 radical (unpaired) electrons. The van der Waals surface area contributed by atoms with Gasteiger partial charge in [0.05, 0.1) is 7.11 Å². The van der Waals surface area contributed by atoms with Gasteiger partial charge in [-0.2, -0.15) is 0 Å². The molecule has 132 valence electrons. The lowest BCUT2D eigenvalue weighted by Crippen LogP contribution is -2.19. The van der Waals surface area contributed by atoms with Crippen molar-refractivity contribution in [3.8, 4) is 16.9 Å². The molecule has 0 saturated heterocycles. The molecule has 0 aliphatic rings. The first-order valence-corrected chi connectivity index (χ1v) is 8.30. The van der Waals surface area contributed by atoms with E-state index in [1.54, 1.807) is 55.6 Å². The Hall–Kier alpha value is -2.98. The van der Waals surface area contributed by atoms with Crippen molar-refractivity contribution >= 4 is 23.3 Å². The van der Waals surface area contributed by atoms with Crippen molar-refractivity contribution in [3.05, 3.63) is 82.9 Å². The molecule has 26 heavy (non-hydrogen) atoms. The number of halogens is 1. The van der Waals surface area contributed by atoms with Crippen LogP contribution in [0.3, 0.4) is 0 Å². The predicted molar refractivity (Wildman–Crippen MR) is 106 cm³/mol. The number of carbonyl (C=O) groups is 1. The number of ether oxygens (including phenoxy) is 1. The van der Waals surface area contributed by atoms with Crippen molar-refractivity contribution in [2.24, 2.45) is 5.73 Å². The third kappa shape index (κ3) is 4.35. The maximum atomic E-state index is 10.9. The third-order valence-electron chi connectivity index (χ3n) is 3.78. The van der Waals surface area contributed by atoms with Crippen molar-refractivity contribution < 1.29 is 12.3 Å². The van der Waals surface area contributed by atoms with Crippen LogP contribution in [0.4, 0.5) is 10.5 Å². The average molecular weight is 369 g/mol. The Labute approximate surface area is 160 Å². The Morgan fingerprint density at radius 2 is 1.85 bits per heavy atom. The Morgan fingerprint density at radius 1 is 1.12 bits per heavy atom. The number of rotatable bonds is 5. The van der Waals surface area contributed by atoms with Gasteiger partial charge in [0, 0.05) is 19.0 Å². The standard InChI is InChI=1S/C21H19ClN2O2/c1-26-20-10-7-15(12-19(20)16-3-2-4-17(22)13-16)11-14-5-8-18(9-6-14)24-21(23)25/h2-10,12-13H,11H2,1H3,(H3,23,24,25)/i11D2. The van der Waals surface area contributed by atoms with Crippen LogP contribution in [0.1, 0.15) is 13.9 Å². The van der Waals surface area contributed by atoms with Crippen LogP contribution in [0.5, 0.6) is 5.75 Å². The molecule has 0 bridgehead atoms. The molecule has 0 aliphatic carbocycles. The van der Waals surface area contributed by atoms with Gasteiger partial charge in [0.25, 0.3) is 0 Å². The van der Waals surface area contributed by atoms with Crippen LogP contribution in [0.2, 0.25) is 5.02 Å². The van der Waals surface area contributed by atoms with Crippen LogP contribution in [0, 0.1) is 0 Å². The molecule has 0 aromatic heterocycles. The van der Waals surface area contributed by atoms with Crippen LogP contribution in [0.15, 0.2) is 66.7 Å². The van der Waals surface area contributed by atoms with Crippen molar-refractivity contribution in [1.29, 1.82) is 0 Å². The van der Waals surface area contributed by atoms with E-state index < -0.39 is 12.4 Å². The highest BCUT2D eigenvalue weighted by Crippen LogP contribution is 2.33. The number of methoxy groups -OCH3 is 1. The Balaban J connectivity index is 2.02. The highest BCUT2D eigenvalue weighted by atomic mass is 35.5. The molecule has 3 rings (SSSR count). The highest BCUT2D eigenvalue weighted by molar-refractivity contribution is 6.30. The number of anilines is 1. The molecular weight excluding hydrogens is 348 g/mol. The van der Waals surface area contributed by atoms with Crippen molar-refractivity contribution in [2.45, 2.75) is 6.37 Å². The maximum Gasteiger partial charge on any atom is 0.316 e. The number of carbonyl (C=O) groups excluding carboxylic acids is 1. The average Bonchev–Trinajstić information content (AvgIpc) is 2.67. The van der Waals surface area contributed by atoms with Crippen LogP contribution < -0.4 is 15.8 Å². The summed E-state index contributed by atoms with van der Waals surface area (Å²) in [6, 6.07) is 18.3. The summed E-state index contributed by atoms with van der Waals surface area (Å²) in [5.74, 6) is 0.628. The number of hydrogen-bond acceptors (Lipinski definition) is 2. The Bertz CT molecular complexity index is 1010. The Morgan fingerprint density at radius 3 is 2.50 bits per heavy atom. The summed E-state index contributed by atoms with van der Waals surface area (Å²) in [4.78, 5) is 10.9. The summed E-state index contributed by atoms with van der Waals surface area (Å²) in [5.41, 5.74) is 8.11. The lowest BCUT2D eigenvalue weighted by Gasteiger charge is -2.12. The summed E-state index contributed by atoms with van der Waals surface area (Å²) in [7, 11) is 1.57. The molecule has 3 aromatic rings. The van der Waals surface area contributed by atoms with E-state index in [9.17, 15) is 4.79 Å². The topological polar surface area (TPSA) is 64.3 Å². The first-order valence-electron chi connectivity index (χ1n) is 8.92. The van der Waals surface area contributed by atoms with Gasteiger partial charge in [-0.1, -0.05) is 41.9 Å². The van der Waals surface area contributed by atoms with E-state index in [-0.39, 0.29) is 0 Å². The molecule has 5 heteroatoms. The molecule has 0 aliphatic heterocycles. The first kappa shape index (κ1) is 15.3. The van der Waals surface area contributed by atoms with E-state index in [0.29, 0.717) is 27.6 Å². The largest absolute Gasteiger partial charge is 0.496 e. The number of hydrogen-bond donors (Lipinski definition) is 2. The molecule has 3 N–H and O–H groups in total. The summed E-state index contributed by atoms with van der Waals surface area (Å²) in [5, 5.41) is 3.05. The minimum absolute atomic E-state index is 0.449. The van der Waals surface area contributed by atoms with Gasteiger partial charge in [-0.05, 0) is 59.5 Å². The predicted octanol–water partition coefficient (Wildman–Crippen LogP) is 5.10. The molecule has 4 nitrogen and oxygen atoms in total. The zero-order chi connectivity index (χ0) is 20.3. The molecule has 3 aromatic carbocycles. The van der Waals surface area contributed by atoms with Crippen molar-refractivity contribution in [1.82, 2.24) is 0 Å². The fraction of sp³-hybridized carbons (Fsp3) is 0.0952. The quantitative estimate of drug-likeness (QED) is 0.658. The number of urea groups is 1. The first-order chi connectivity index (χ1) is 13.3. The number of nitrogens with one attached hydrogen (secondary N) is 1. The number of primary amides is 1. The molecule has 0 unspecified atom stereocenters. The monoisotopic (exact) mass is 368 g/mol. The van der Waals surface area contributed by atoms with Gasteiger partial charge in [0.15, 0.2) is 0 Å². The fourth-order valence-corrected chi connectivity index (χ4v) is 2.80. The zero-order valence-corrected chi connectivity index (χ0v) is 14.9. The molecule has 0 saturated carbocycles. The van der Waals surface area contributed by atoms with Crippen LogP contribution >= 0.6 is 11.6 Å². The van der Waals surface area contributed by atoms with E-state index >= 15 is 0 Å². The second-order valence-electron chi connectivity index (χ2n) is 5.62. The second kappa shape index (κ2) is 7.93. The minimum atomic E-state index is -1.76. The molecule has 0 atom stereocenters. The van der Waals surface area contributed by atoms with Crippen LogP contribution in [-0.2, 0) is 6.37 Å². The van der Waals surface area contributed by atoms with Crippen molar-refractivity contribution in [2.75, 3.05) is 12.4 Å². The van der Waals surface area contributed by atoms with Gasteiger partial charge in [0.1, 0.15) is 5.75 Å². The van der Waals surface area contributed by atoms with Gasteiger partial charge in [-0.3, -0.25) is 0 Å². The molecule has 0 fully saturated rings. The SMILES string of the molecule is [2H]C([2H])(c1ccc(NC(N)=O)cc1)c1ccc(OC)c(-c2cccc(Cl)c2)c1. The molecule has 2 amide bonds. The molecule has 0 spiro atoms. The van der Waals surface area contributed by atoms with Gasteiger partial charge >= 0.3 is 6.03 Å². The summed E-state index contributed by atoms with van der Waals surface area (Å²) in [6.07, 6.45) is -1.76. The smallest absolute Gasteiger partial charge is 0.316 e. The van der Waals surface area contributed by atoms with E-state index in [0.717, 1.165) is 11.1 Å². The van der Waals surface area contributed by atoms with Gasteiger partial charge in [-0.15, -0.1) is 0 Å². The minimum Gasteiger partial charge on any atom is -0.496 e. The second-order valence-corrected chi connectivity index (χ2v) is 6.05. The normalized spacial score (nSPS) is 12.1. The number of amides is 2.